The van der Waals surface area contributed by atoms with Gasteiger partial charge in [0.1, 0.15) is 6.04 Å². The zero-order valence-electron chi connectivity index (χ0n) is 20.4. The summed E-state index contributed by atoms with van der Waals surface area (Å²) < 4.78 is 3.11. The molecule has 8 heteroatoms. The van der Waals surface area contributed by atoms with E-state index in [4.69, 9.17) is 0 Å². The Hall–Kier alpha value is -3.00. The smallest absolute Gasteiger partial charge is 0.295 e. The summed E-state index contributed by atoms with van der Waals surface area (Å²) in [6.45, 7) is 9.45. The molecular formula is C26H34N6O2. The SMILES string of the molecule is Cc1nn(C(C)C(=O)N2CCC(N3CCCCC3)CC2)c(=O)c2nn(-c3ccccc3)c(C)c12. The molecule has 4 heterocycles. The Balaban J connectivity index is 1.38. The molecule has 34 heavy (non-hydrogen) atoms. The summed E-state index contributed by atoms with van der Waals surface area (Å²) in [5.74, 6) is -0.0374. The van der Waals surface area contributed by atoms with Gasteiger partial charge >= 0.3 is 0 Å². The van der Waals surface area contributed by atoms with Crippen LogP contribution >= 0.6 is 0 Å². The number of rotatable bonds is 4. The number of carbonyl (C=O) groups is 1. The number of nitrogens with zero attached hydrogens (tertiary/aromatic N) is 6. The first-order valence-corrected chi connectivity index (χ1v) is 12.5. The van der Waals surface area contributed by atoms with Crippen LogP contribution in [-0.4, -0.2) is 67.5 Å². The predicted molar refractivity (Wildman–Crippen MR) is 132 cm³/mol. The van der Waals surface area contributed by atoms with Gasteiger partial charge in [0.05, 0.1) is 22.5 Å². The van der Waals surface area contributed by atoms with E-state index in [0.717, 1.165) is 42.7 Å². The van der Waals surface area contributed by atoms with Gasteiger partial charge in [0.25, 0.3) is 5.56 Å². The van der Waals surface area contributed by atoms with Gasteiger partial charge in [-0.3, -0.25) is 9.59 Å². The van der Waals surface area contributed by atoms with E-state index in [1.54, 1.807) is 11.6 Å². The summed E-state index contributed by atoms with van der Waals surface area (Å²) in [5, 5.41) is 9.96. The maximum Gasteiger partial charge on any atom is 0.295 e. The van der Waals surface area contributed by atoms with Crippen LogP contribution in [0.3, 0.4) is 0 Å². The second-order valence-corrected chi connectivity index (χ2v) is 9.72. The van der Waals surface area contributed by atoms with Gasteiger partial charge in [-0.1, -0.05) is 24.6 Å². The number of benzene rings is 1. The van der Waals surface area contributed by atoms with Crippen molar-refractivity contribution < 1.29 is 4.79 Å². The van der Waals surface area contributed by atoms with Crippen LogP contribution in [0.2, 0.25) is 0 Å². The largest absolute Gasteiger partial charge is 0.341 e. The Labute approximate surface area is 200 Å². The van der Waals surface area contributed by atoms with Gasteiger partial charge in [0.2, 0.25) is 5.91 Å². The average Bonchev–Trinajstić information content (AvgIpc) is 3.24. The van der Waals surface area contributed by atoms with Gasteiger partial charge in [-0.05, 0) is 71.7 Å². The minimum absolute atomic E-state index is 0.0374. The van der Waals surface area contributed by atoms with Gasteiger partial charge in [0.15, 0.2) is 5.52 Å². The van der Waals surface area contributed by atoms with Crippen LogP contribution in [-0.2, 0) is 4.79 Å². The zero-order valence-corrected chi connectivity index (χ0v) is 20.4. The predicted octanol–water partition coefficient (Wildman–Crippen LogP) is 3.24. The average molecular weight is 463 g/mol. The van der Waals surface area contributed by atoms with Crippen LogP contribution in [0.5, 0.6) is 0 Å². The third-order valence-electron chi connectivity index (χ3n) is 7.55. The minimum atomic E-state index is -0.663. The van der Waals surface area contributed by atoms with E-state index < -0.39 is 6.04 Å². The lowest BCUT2D eigenvalue weighted by molar-refractivity contribution is -0.136. The molecule has 1 aromatic carbocycles. The van der Waals surface area contributed by atoms with E-state index in [9.17, 15) is 9.59 Å². The van der Waals surface area contributed by atoms with Gasteiger partial charge < -0.3 is 9.80 Å². The number of fused-ring (bicyclic) bond motifs is 1. The fourth-order valence-electron chi connectivity index (χ4n) is 5.64. The zero-order chi connectivity index (χ0) is 23.8. The van der Waals surface area contributed by atoms with Crippen molar-refractivity contribution in [2.24, 2.45) is 0 Å². The van der Waals surface area contributed by atoms with Crippen LogP contribution in [0, 0.1) is 13.8 Å². The summed E-state index contributed by atoms with van der Waals surface area (Å²) in [7, 11) is 0. The first kappa shape index (κ1) is 22.8. The van der Waals surface area contributed by atoms with Crippen molar-refractivity contribution in [3.8, 4) is 5.69 Å². The molecule has 2 saturated heterocycles. The Bertz CT molecular complexity index is 1230. The molecular weight excluding hydrogens is 428 g/mol. The molecule has 3 aromatic rings. The quantitative estimate of drug-likeness (QED) is 0.595. The molecule has 1 unspecified atom stereocenters. The highest BCUT2D eigenvalue weighted by molar-refractivity contribution is 5.84. The van der Waals surface area contributed by atoms with E-state index in [-0.39, 0.29) is 11.5 Å². The third-order valence-corrected chi connectivity index (χ3v) is 7.55. The number of aryl methyl sites for hydroxylation is 2. The topological polar surface area (TPSA) is 76.3 Å². The minimum Gasteiger partial charge on any atom is -0.341 e. The van der Waals surface area contributed by atoms with Crippen molar-refractivity contribution in [3.63, 3.8) is 0 Å². The molecule has 0 N–H and O–H groups in total. The first-order chi connectivity index (χ1) is 16.5. The van der Waals surface area contributed by atoms with Crippen LogP contribution < -0.4 is 5.56 Å². The monoisotopic (exact) mass is 462 g/mol. The maximum absolute atomic E-state index is 13.4. The summed E-state index contributed by atoms with van der Waals surface area (Å²) >= 11 is 0. The lowest BCUT2D eigenvalue weighted by atomic mass is 9.99. The molecule has 2 aliphatic rings. The van der Waals surface area contributed by atoms with Crippen LogP contribution in [0.15, 0.2) is 35.1 Å². The highest BCUT2D eigenvalue weighted by atomic mass is 16.2. The molecule has 1 atom stereocenters. The highest BCUT2D eigenvalue weighted by Gasteiger charge is 2.31. The fourth-order valence-corrected chi connectivity index (χ4v) is 5.64. The van der Waals surface area contributed by atoms with Gasteiger partial charge in [-0.15, -0.1) is 0 Å². The van der Waals surface area contributed by atoms with Crippen molar-refractivity contribution in [1.29, 1.82) is 0 Å². The number of hydrogen-bond donors (Lipinski definition) is 0. The number of hydrogen-bond acceptors (Lipinski definition) is 5. The molecule has 0 radical (unpaired) electrons. The van der Waals surface area contributed by atoms with Crippen LogP contribution in [0.4, 0.5) is 0 Å². The molecule has 0 spiro atoms. The van der Waals surface area contributed by atoms with Crippen LogP contribution in [0.25, 0.3) is 16.6 Å². The molecule has 0 aliphatic carbocycles. The van der Waals surface area contributed by atoms with Crippen molar-refractivity contribution in [2.75, 3.05) is 26.2 Å². The Morgan fingerprint density at radius 2 is 1.65 bits per heavy atom. The molecule has 2 aliphatic heterocycles. The normalized spacial score (nSPS) is 19.0. The van der Waals surface area contributed by atoms with E-state index in [2.05, 4.69) is 15.1 Å². The van der Waals surface area contributed by atoms with Gasteiger partial charge in [-0.25, -0.2) is 9.36 Å². The van der Waals surface area contributed by atoms with Crippen LogP contribution in [0.1, 0.15) is 56.5 Å². The molecule has 2 aromatic heterocycles. The number of likely N-dealkylation sites (tertiary alicyclic amines) is 2. The van der Waals surface area contributed by atoms with E-state index in [1.165, 1.54) is 37.0 Å². The standard InChI is InChI=1S/C26H34N6O2/c1-18-23-19(2)31(22-10-6-4-7-11-22)28-24(23)26(34)32(27-18)20(3)25(33)30-16-12-21(13-17-30)29-14-8-5-9-15-29/h4,6-7,10-11,20-21H,5,8-9,12-17H2,1-3H3. The van der Waals surface area contributed by atoms with Crippen molar-refractivity contribution in [3.05, 3.63) is 52.1 Å². The second-order valence-electron chi connectivity index (χ2n) is 9.72. The molecule has 180 valence electrons. The van der Waals surface area contributed by atoms with Crippen molar-refractivity contribution in [2.45, 2.75) is 65.0 Å². The van der Waals surface area contributed by atoms with Gasteiger partial charge in [-0.2, -0.15) is 10.2 Å². The molecule has 1 amide bonds. The fraction of sp³-hybridized carbons (Fsp3) is 0.538. The lowest BCUT2D eigenvalue weighted by Gasteiger charge is -2.40. The molecule has 0 saturated carbocycles. The number of para-hydroxylation sites is 1. The Kier molecular flexibility index (Phi) is 6.25. The molecule has 2 fully saturated rings. The summed E-state index contributed by atoms with van der Waals surface area (Å²) in [6.07, 6.45) is 5.90. The first-order valence-electron chi connectivity index (χ1n) is 12.5. The number of aromatic nitrogens is 4. The molecule has 5 rings (SSSR count). The number of piperidine rings is 2. The third kappa shape index (κ3) is 4.04. The maximum atomic E-state index is 13.4. The van der Waals surface area contributed by atoms with Gasteiger partial charge in [0, 0.05) is 19.1 Å². The number of amides is 1. The lowest BCUT2D eigenvalue weighted by Crippen LogP contribution is -2.50. The summed E-state index contributed by atoms with van der Waals surface area (Å²) in [6, 6.07) is 9.66. The molecule has 0 bridgehead atoms. The Morgan fingerprint density at radius 1 is 0.971 bits per heavy atom. The van der Waals surface area contributed by atoms with E-state index in [0.29, 0.717) is 17.3 Å². The van der Waals surface area contributed by atoms with E-state index in [1.807, 2.05) is 49.1 Å². The second kappa shape index (κ2) is 9.33. The molecule has 8 nitrogen and oxygen atoms in total. The van der Waals surface area contributed by atoms with Crippen molar-refractivity contribution in [1.82, 2.24) is 29.4 Å². The highest BCUT2D eigenvalue weighted by Crippen LogP contribution is 2.24. The van der Waals surface area contributed by atoms with Crippen molar-refractivity contribution >= 4 is 16.8 Å². The number of carbonyl (C=O) groups excluding carboxylic acids is 1. The summed E-state index contributed by atoms with van der Waals surface area (Å²) in [5.41, 5.74) is 2.51. The van der Waals surface area contributed by atoms with E-state index >= 15 is 0 Å². The Morgan fingerprint density at radius 3 is 2.32 bits per heavy atom. The summed E-state index contributed by atoms with van der Waals surface area (Å²) in [4.78, 5) is 31.3.